The third-order valence-corrected chi connectivity index (χ3v) is 5.52. The van der Waals surface area contributed by atoms with Crippen LogP contribution in [0.1, 0.15) is 93.9 Å². The van der Waals surface area contributed by atoms with Gasteiger partial charge in [0, 0.05) is 0 Å². The molecular weight excluding hydrogens is 721 g/mol. The SMILES string of the molecule is CCC(C(=O)[O-])C(=O)CC(F)(F)C(F)(F)F.CCC(C(=O)[O-])C(=O)CC(F)(F)C(F)(F)F.CCC(C)(C)O.CCC(C)(C)O.[Zr+2]. The number of alkyl halides is 10. The molecule has 0 aromatic carbocycles. The second-order valence-electron chi connectivity index (χ2n) is 10.6. The van der Waals surface area contributed by atoms with Gasteiger partial charge in [0.2, 0.25) is 0 Å². The van der Waals surface area contributed by atoms with E-state index in [2.05, 4.69) is 0 Å². The standard InChI is InChI=1S/2C8H9F5O3.2C5H12O.Zr/c2*1-2-4(6(15)16)5(14)3-7(9,10)8(11,12)13;2*1-4-5(2,3)6;/h2*4H,2-3H2,1H3,(H,15,16);2*6H,4H2,1-3H3;/q;;;;+2/p-2. The summed E-state index contributed by atoms with van der Waals surface area (Å²) in [5.41, 5.74) is -0.917. The van der Waals surface area contributed by atoms with E-state index in [0.717, 1.165) is 12.8 Å². The van der Waals surface area contributed by atoms with E-state index in [1.54, 1.807) is 27.7 Å². The molecule has 0 radical (unpaired) electrons. The van der Waals surface area contributed by atoms with E-state index in [-0.39, 0.29) is 26.2 Å². The van der Waals surface area contributed by atoms with Crippen LogP contribution in [0.15, 0.2) is 0 Å². The maximum Gasteiger partial charge on any atom is 2.00 e. The molecule has 0 spiro atoms. The molecule has 0 rings (SSSR count). The van der Waals surface area contributed by atoms with Gasteiger partial charge in [-0.1, -0.05) is 27.7 Å². The molecule has 0 saturated heterocycles. The number of hydrogen-bond donors (Lipinski definition) is 2. The minimum Gasteiger partial charge on any atom is -0.549 e. The van der Waals surface area contributed by atoms with Crippen LogP contribution in [0.4, 0.5) is 43.9 Å². The minimum atomic E-state index is -5.87. The fourth-order valence-electron chi connectivity index (χ4n) is 1.94. The van der Waals surface area contributed by atoms with E-state index in [0.29, 0.717) is 0 Å². The molecule has 266 valence electrons. The zero-order valence-corrected chi connectivity index (χ0v) is 28.5. The molecule has 0 bridgehead atoms. The first-order valence-corrected chi connectivity index (χ1v) is 13.0. The Hall–Kier alpha value is -1.62. The van der Waals surface area contributed by atoms with Gasteiger partial charge in [-0.2, -0.15) is 43.9 Å². The Labute approximate surface area is 274 Å². The predicted octanol–water partition coefficient (Wildman–Crippen LogP) is 4.17. The summed E-state index contributed by atoms with van der Waals surface area (Å²) in [6, 6.07) is 0. The van der Waals surface area contributed by atoms with Crippen LogP contribution in [0.2, 0.25) is 0 Å². The quantitative estimate of drug-likeness (QED) is 0.222. The number of carbonyl (C=O) groups is 4. The van der Waals surface area contributed by atoms with E-state index in [1.807, 2.05) is 13.8 Å². The van der Waals surface area contributed by atoms with Crippen LogP contribution < -0.4 is 10.2 Å². The fourth-order valence-corrected chi connectivity index (χ4v) is 1.94. The first-order chi connectivity index (χ1) is 19.2. The predicted molar refractivity (Wildman–Crippen MR) is 132 cm³/mol. The molecule has 45 heavy (non-hydrogen) atoms. The zero-order valence-electron chi connectivity index (χ0n) is 26.0. The Kier molecular flexibility index (Phi) is 25.0. The number of hydrogen-bond acceptors (Lipinski definition) is 8. The van der Waals surface area contributed by atoms with Crippen molar-refractivity contribution in [2.75, 3.05) is 0 Å². The Morgan fingerprint density at radius 3 is 0.822 bits per heavy atom. The van der Waals surface area contributed by atoms with E-state index >= 15 is 0 Å². The fraction of sp³-hybridized carbons (Fsp3) is 0.846. The average molecular weight is 762 g/mol. The summed E-state index contributed by atoms with van der Waals surface area (Å²) >= 11 is 0. The van der Waals surface area contributed by atoms with Crippen LogP contribution in [0.3, 0.4) is 0 Å². The van der Waals surface area contributed by atoms with Gasteiger partial charge in [0.25, 0.3) is 0 Å². The molecule has 0 amide bonds. The van der Waals surface area contributed by atoms with Gasteiger partial charge in [0.05, 0.1) is 47.8 Å². The van der Waals surface area contributed by atoms with Crippen LogP contribution in [-0.4, -0.2) is 69.1 Å². The molecule has 0 fully saturated rings. The molecule has 2 N–H and O–H groups in total. The first kappa shape index (κ1) is 52.9. The van der Waals surface area contributed by atoms with Crippen LogP contribution in [-0.2, 0) is 45.4 Å². The van der Waals surface area contributed by atoms with Gasteiger partial charge in [-0.25, -0.2) is 0 Å². The van der Waals surface area contributed by atoms with Crippen molar-refractivity contribution in [1.29, 1.82) is 0 Å². The number of rotatable bonds is 12. The molecule has 2 unspecified atom stereocenters. The molecule has 19 heteroatoms. The number of aliphatic carboxylic acids is 2. The Morgan fingerprint density at radius 2 is 0.733 bits per heavy atom. The summed E-state index contributed by atoms with van der Waals surface area (Å²) in [6.45, 7) is 13.5. The molecule has 2 atom stereocenters. The topological polar surface area (TPSA) is 155 Å². The maximum absolute atomic E-state index is 12.4. The van der Waals surface area contributed by atoms with Crippen molar-refractivity contribution in [3.05, 3.63) is 0 Å². The molecule has 0 heterocycles. The van der Waals surface area contributed by atoms with Crippen LogP contribution >= 0.6 is 0 Å². The van der Waals surface area contributed by atoms with E-state index in [4.69, 9.17) is 10.2 Å². The molecule has 0 aromatic heterocycles. The normalized spacial score (nSPS) is 13.6. The number of carboxylic acid groups (broad SMARTS) is 2. The molecule has 0 aliphatic carbocycles. The second kappa shape index (κ2) is 21.3. The summed E-state index contributed by atoms with van der Waals surface area (Å²) in [5, 5.41) is 38.2. The third-order valence-electron chi connectivity index (χ3n) is 5.52. The Morgan fingerprint density at radius 1 is 0.556 bits per heavy atom. The number of aliphatic hydroxyl groups is 2. The summed E-state index contributed by atoms with van der Waals surface area (Å²) in [6.07, 6.45) is -15.2. The number of Topliss-reactive ketones (excluding diaryl/α,β-unsaturated/α-hetero) is 2. The van der Waals surface area contributed by atoms with Crippen LogP contribution in [0.5, 0.6) is 0 Å². The summed E-state index contributed by atoms with van der Waals surface area (Å²) in [5.74, 6) is -21.6. The van der Waals surface area contributed by atoms with Gasteiger partial charge in [-0.3, -0.25) is 9.59 Å². The first-order valence-electron chi connectivity index (χ1n) is 13.0. The van der Waals surface area contributed by atoms with Crippen molar-refractivity contribution in [3.8, 4) is 0 Å². The van der Waals surface area contributed by atoms with Crippen molar-refractivity contribution >= 4 is 23.5 Å². The Bertz CT molecular complexity index is 822. The molecule has 0 saturated carbocycles. The monoisotopic (exact) mass is 760 g/mol. The minimum absolute atomic E-state index is 0. The number of carbonyl (C=O) groups excluding carboxylic acids is 4. The largest absolute Gasteiger partial charge is 2.00 e. The van der Waals surface area contributed by atoms with Crippen molar-refractivity contribution in [3.63, 3.8) is 0 Å². The van der Waals surface area contributed by atoms with Crippen molar-refractivity contribution < 1.29 is 110 Å². The van der Waals surface area contributed by atoms with E-state index < -0.39 is 96.4 Å². The van der Waals surface area contributed by atoms with Crippen molar-refractivity contribution in [2.45, 2.75) is 129 Å². The number of carboxylic acids is 2. The Balaban J connectivity index is -0.000000172. The molecule has 0 aliphatic heterocycles. The maximum atomic E-state index is 12.4. The van der Waals surface area contributed by atoms with Crippen LogP contribution in [0.25, 0.3) is 0 Å². The van der Waals surface area contributed by atoms with Gasteiger partial charge in [0.1, 0.15) is 11.6 Å². The smallest absolute Gasteiger partial charge is 0.549 e. The number of halogens is 10. The van der Waals surface area contributed by atoms with Gasteiger partial charge < -0.3 is 30.0 Å². The third kappa shape index (κ3) is 25.2. The van der Waals surface area contributed by atoms with Crippen LogP contribution in [0, 0.1) is 11.8 Å². The summed E-state index contributed by atoms with van der Waals surface area (Å²) < 4.78 is 120. The summed E-state index contributed by atoms with van der Waals surface area (Å²) in [4.78, 5) is 42.3. The van der Waals surface area contributed by atoms with E-state index in [9.17, 15) is 73.3 Å². The van der Waals surface area contributed by atoms with Crippen molar-refractivity contribution in [2.24, 2.45) is 11.8 Å². The molecule has 8 nitrogen and oxygen atoms in total. The van der Waals surface area contributed by atoms with E-state index in [1.165, 1.54) is 13.8 Å². The molecule has 0 aromatic rings. The second-order valence-corrected chi connectivity index (χ2v) is 10.6. The molecular formula is C26H40F10O8Zr. The van der Waals surface area contributed by atoms with Gasteiger partial charge >= 0.3 is 50.4 Å². The molecule has 0 aliphatic rings. The zero-order chi connectivity index (χ0) is 36.7. The van der Waals surface area contributed by atoms with Gasteiger partial charge in [-0.05, 0) is 53.4 Å². The summed E-state index contributed by atoms with van der Waals surface area (Å²) in [7, 11) is 0. The number of ketones is 2. The van der Waals surface area contributed by atoms with Gasteiger partial charge in [-0.15, -0.1) is 0 Å². The average Bonchev–Trinajstić information content (AvgIpc) is 2.77. The van der Waals surface area contributed by atoms with Crippen molar-refractivity contribution in [1.82, 2.24) is 0 Å². The van der Waals surface area contributed by atoms with Gasteiger partial charge in [0.15, 0.2) is 0 Å².